The summed E-state index contributed by atoms with van der Waals surface area (Å²) in [6, 6.07) is 8.17. The predicted molar refractivity (Wildman–Crippen MR) is 78.6 cm³/mol. The number of anilines is 1. The second kappa shape index (κ2) is 6.64. The molecule has 0 saturated carbocycles. The van der Waals surface area contributed by atoms with Gasteiger partial charge in [-0.05, 0) is 31.0 Å². The van der Waals surface area contributed by atoms with Crippen molar-refractivity contribution in [3.05, 3.63) is 24.3 Å². The van der Waals surface area contributed by atoms with Crippen molar-refractivity contribution in [1.82, 2.24) is 5.32 Å². The Kier molecular flexibility index (Phi) is 5.48. The molecule has 0 aliphatic rings. The van der Waals surface area contributed by atoms with Crippen molar-refractivity contribution in [2.24, 2.45) is 5.41 Å². The first kappa shape index (κ1) is 14.8. The lowest BCUT2D eigenvalue weighted by molar-refractivity contribution is 0.307. The van der Waals surface area contributed by atoms with E-state index >= 15 is 0 Å². The van der Waals surface area contributed by atoms with Gasteiger partial charge in [-0.25, -0.2) is 0 Å². The molecule has 1 aromatic rings. The van der Waals surface area contributed by atoms with Gasteiger partial charge in [0.15, 0.2) is 0 Å². The summed E-state index contributed by atoms with van der Waals surface area (Å²) in [6.45, 7) is 6.58. The fourth-order valence-corrected chi connectivity index (χ4v) is 2.32. The van der Waals surface area contributed by atoms with E-state index in [4.69, 9.17) is 4.74 Å². The maximum absolute atomic E-state index is 5.42. The molecule has 0 aliphatic heterocycles. The van der Waals surface area contributed by atoms with Crippen LogP contribution in [-0.4, -0.2) is 34.3 Å². The smallest absolute Gasteiger partial charge is 0.142 e. The van der Waals surface area contributed by atoms with Crippen LogP contribution in [0.1, 0.15) is 20.3 Å². The first-order valence-electron chi connectivity index (χ1n) is 6.55. The molecule has 0 radical (unpaired) electrons. The molecule has 0 bridgehead atoms. The van der Waals surface area contributed by atoms with Crippen LogP contribution in [0.5, 0.6) is 5.75 Å². The zero-order chi connectivity index (χ0) is 13.6. The molecule has 1 N–H and O–H groups in total. The molecule has 0 spiro atoms. The summed E-state index contributed by atoms with van der Waals surface area (Å²) in [5.74, 6) is 0.933. The SMILES string of the molecule is CCC(C)(CNC)CN(C)c1ccccc1OC. The molecule has 18 heavy (non-hydrogen) atoms. The Morgan fingerprint density at radius 3 is 2.56 bits per heavy atom. The number of benzene rings is 1. The van der Waals surface area contributed by atoms with Crippen molar-refractivity contribution in [1.29, 1.82) is 0 Å². The lowest BCUT2D eigenvalue weighted by Crippen LogP contribution is -2.39. The summed E-state index contributed by atoms with van der Waals surface area (Å²) < 4.78 is 5.42. The summed E-state index contributed by atoms with van der Waals surface area (Å²) in [6.07, 6.45) is 1.15. The highest BCUT2D eigenvalue weighted by atomic mass is 16.5. The summed E-state index contributed by atoms with van der Waals surface area (Å²) in [7, 11) is 5.86. The molecule has 0 saturated heterocycles. The minimum atomic E-state index is 0.268. The summed E-state index contributed by atoms with van der Waals surface area (Å²) in [4.78, 5) is 2.28. The predicted octanol–water partition coefficient (Wildman–Crippen LogP) is 2.77. The van der Waals surface area contributed by atoms with E-state index in [0.717, 1.165) is 30.9 Å². The molecule has 0 aliphatic carbocycles. The Balaban J connectivity index is 2.83. The van der Waals surface area contributed by atoms with Crippen LogP contribution >= 0.6 is 0 Å². The molecule has 0 amide bonds. The average molecular weight is 250 g/mol. The third kappa shape index (κ3) is 3.64. The van der Waals surface area contributed by atoms with E-state index in [1.165, 1.54) is 0 Å². The number of para-hydroxylation sites is 2. The van der Waals surface area contributed by atoms with Gasteiger partial charge in [0.25, 0.3) is 0 Å². The summed E-state index contributed by atoms with van der Waals surface area (Å²) in [5.41, 5.74) is 1.42. The van der Waals surface area contributed by atoms with Crippen molar-refractivity contribution in [3.63, 3.8) is 0 Å². The molecule has 1 rings (SSSR count). The molecule has 0 aromatic heterocycles. The molecular weight excluding hydrogens is 224 g/mol. The fourth-order valence-electron chi connectivity index (χ4n) is 2.32. The second-order valence-electron chi connectivity index (χ2n) is 5.22. The number of rotatable bonds is 7. The molecule has 1 aromatic carbocycles. The van der Waals surface area contributed by atoms with Gasteiger partial charge < -0.3 is 15.0 Å². The monoisotopic (exact) mass is 250 g/mol. The highest BCUT2D eigenvalue weighted by molar-refractivity contribution is 5.57. The van der Waals surface area contributed by atoms with Crippen LogP contribution < -0.4 is 15.0 Å². The van der Waals surface area contributed by atoms with Crippen LogP contribution in [0.3, 0.4) is 0 Å². The van der Waals surface area contributed by atoms with E-state index < -0.39 is 0 Å². The number of ether oxygens (including phenoxy) is 1. The van der Waals surface area contributed by atoms with E-state index in [-0.39, 0.29) is 5.41 Å². The zero-order valence-corrected chi connectivity index (χ0v) is 12.3. The quantitative estimate of drug-likeness (QED) is 0.805. The van der Waals surface area contributed by atoms with Crippen LogP contribution in [0.2, 0.25) is 0 Å². The molecule has 0 fully saturated rings. The molecule has 0 heterocycles. The van der Waals surface area contributed by atoms with E-state index in [0.29, 0.717) is 0 Å². The van der Waals surface area contributed by atoms with E-state index in [2.05, 4.69) is 43.2 Å². The van der Waals surface area contributed by atoms with Crippen molar-refractivity contribution in [2.45, 2.75) is 20.3 Å². The number of nitrogens with one attached hydrogen (secondary N) is 1. The van der Waals surface area contributed by atoms with E-state index in [1.54, 1.807) is 7.11 Å². The van der Waals surface area contributed by atoms with Gasteiger partial charge in [0.1, 0.15) is 5.75 Å². The fraction of sp³-hybridized carbons (Fsp3) is 0.600. The zero-order valence-electron chi connectivity index (χ0n) is 12.3. The van der Waals surface area contributed by atoms with Gasteiger partial charge in [-0.3, -0.25) is 0 Å². The lowest BCUT2D eigenvalue weighted by atomic mass is 9.87. The van der Waals surface area contributed by atoms with Crippen LogP contribution in [0.25, 0.3) is 0 Å². The van der Waals surface area contributed by atoms with Gasteiger partial charge in [-0.1, -0.05) is 26.0 Å². The van der Waals surface area contributed by atoms with E-state index in [1.807, 2.05) is 19.2 Å². The lowest BCUT2D eigenvalue weighted by Gasteiger charge is -2.34. The molecule has 3 heteroatoms. The minimum Gasteiger partial charge on any atom is -0.495 e. The third-order valence-electron chi connectivity index (χ3n) is 3.57. The topological polar surface area (TPSA) is 24.5 Å². The van der Waals surface area contributed by atoms with Crippen molar-refractivity contribution < 1.29 is 4.74 Å². The number of nitrogens with zero attached hydrogens (tertiary/aromatic N) is 1. The van der Waals surface area contributed by atoms with Crippen molar-refractivity contribution in [3.8, 4) is 5.75 Å². The van der Waals surface area contributed by atoms with Gasteiger partial charge in [0, 0.05) is 20.1 Å². The van der Waals surface area contributed by atoms with Gasteiger partial charge >= 0.3 is 0 Å². The molecule has 102 valence electrons. The first-order valence-corrected chi connectivity index (χ1v) is 6.55. The number of methoxy groups -OCH3 is 1. The van der Waals surface area contributed by atoms with Gasteiger partial charge in [0.2, 0.25) is 0 Å². The van der Waals surface area contributed by atoms with Crippen LogP contribution in [0, 0.1) is 5.41 Å². The maximum Gasteiger partial charge on any atom is 0.142 e. The molecule has 1 unspecified atom stereocenters. The van der Waals surface area contributed by atoms with Gasteiger partial charge in [0.05, 0.1) is 12.8 Å². The largest absolute Gasteiger partial charge is 0.495 e. The molecular formula is C15H26N2O. The van der Waals surface area contributed by atoms with Crippen LogP contribution in [0.15, 0.2) is 24.3 Å². The highest BCUT2D eigenvalue weighted by Crippen LogP contribution is 2.30. The minimum absolute atomic E-state index is 0.268. The Labute approximate surface area is 111 Å². The Bertz CT molecular complexity index is 367. The second-order valence-corrected chi connectivity index (χ2v) is 5.22. The Morgan fingerprint density at radius 2 is 2.00 bits per heavy atom. The Hall–Kier alpha value is -1.22. The van der Waals surface area contributed by atoms with Gasteiger partial charge in [-0.15, -0.1) is 0 Å². The normalized spacial score (nSPS) is 14.1. The van der Waals surface area contributed by atoms with Crippen LogP contribution in [-0.2, 0) is 0 Å². The first-order chi connectivity index (χ1) is 8.56. The third-order valence-corrected chi connectivity index (χ3v) is 3.57. The molecule has 3 nitrogen and oxygen atoms in total. The molecule has 1 atom stereocenters. The Morgan fingerprint density at radius 1 is 1.33 bits per heavy atom. The van der Waals surface area contributed by atoms with Crippen LogP contribution in [0.4, 0.5) is 5.69 Å². The average Bonchev–Trinajstić information content (AvgIpc) is 2.38. The summed E-state index contributed by atoms with van der Waals surface area (Å²) in [5, 5.41) is 3.29. The highest BCUT2D eigenvalue weighted by Gasteiger charge is 2.24. The van der Waals surface area contributed by atoms with E-state index in [9.17, 15) is 0 Å². The number of hydrogen-bond acceptors (Lipinski definition) is 3. The summed E-state index contributed by atoms with van der Waals surface area (Å²) >= 11 is 0. The standard InChI is InChI=1S/C15H26N2O/c1-6-15(2,11-16-3)12-17(4)13-9-7-8-10-14(13)18-5/h7-10,16H,6,11-12H2,1-5H3. The van der Waals surface area contributed by atoms with Crippen molar-refractivity contribution >= 4 is 5.69 Å². The number of hydrogen-bond donors (Lipinski definition) is 1. The maximum atomic E-state index is 5.42. The van der Waals surface area contributed by atoms with Crippen molar-refractivity contribution in [2.75, 3.05) is 39.2 Å². The van der Waals surface area contributed by atoms with Gasteiger partial charge in [-0.2, -0.15) is 0 Å².